The van der Waals surface area contributed by atoms with Gasteiger partial charge >= 0.3 is 0 Å². The summed E-state index contributed by atoms with van der Waals surface area (Å²) in [6.45, 7) is 4.83. The van der Waals surface area contributed by atoms with Crippen molar-refractivity contribution in [3.8, 4) is 0 Å². The first kappa shape index (κ1) is 18.9. The van der Waals surface area contributed by atoms with Gasteiger partial charge in [-0.2, -0.15) is 0 Å². The number of nitrogens with one attached hydrogen (secondary N) is 1. The molecule has 5 rings (SSSR count). The summed E-state index contributed by atoms with van der Waals surface area (Å²) >= 11 is 1.54. The van der Waals surface area contributed by atoms with Gasteiger partial charge in [0.2, 0.25) is 11.7 Å². The van der Waals surface area contributed by atoms with Crippen molar-refractivity contribution >= 4 is 27.5 Å². The number of rotatable bonds is 3. The first-order valence-electron chi connectivity index (χ1n) is 9.68. The van der Waals surface area contributed by atoms with Gasteiger partial charge in [-0.1, -0.05) is 12.1 Å². The lowest BCUT2D eigenvalue weighted by atomic mass is 10.0. The zero-order chi connectivity index (χ0) is 21.0. The van der Waals surface area contributed by atoms with E-state index in [0.29, 0.717) is 18.7 Å². The second kappa shape index (κ2) is 6.73. The number of aromatic nitrogens is 4. The number of benzene rings is 1. The lowest BCUT2D eigenvalue weighted by Crippen LogP contribution is -2.40. The van der Waals surface area contributed by atoms with E-state index in [9.17, 15) is 9.18 Å². The molecule has 30 heavy (non-hydrogen) atoms. The predicted molar refractivity (Wildman–Crippen MR) is 110 cm³/mol. The van der Waals surface area contributed by atoms with E-state index in [4.69, 9.17) is 9.40 Å². The fourth-order valence-corrected chi connectivity index (χ4v) is 4.82. The highest BCUT2D eigenvalue weighted by atomic mass is 32.1. The van der Waals surface area contributed by atoms with Crippen LogP contribution in [-0.4, -0.2) is 37.3 Å². The normalized spacial score (nSPS) is 16.8. The van der Waals surface area contributed by atoms with Crippen LogP contribution in [0.25, 0.3) is 10.2 Å². The first-order chi connectivity index (χ1) is 14.3. The van der Waals surface area contributed by atoms with Crippen molar-refractivity contribution in [2.75, 3.05) is 6.54 Å². The van der Waals surface area contributed by atoms with Crippen molar-refractivity contribution in [3.63, 3.8) is 0 Å². The quantitative estimate of drug-likeness (QED) is 0.528. The van der Waals surface area contributed by atoms with Gasteiger partial charge < -0.3 is 14.3 Å². The summed E-state index contributed by atoms with van der Waals surface area (Å²) in [5.74, 6) is -0.383. The molecule has 0 radical (unpaired) electrons. The number of fused-ring (bicyclic) bond motifs is 2. The number of aryl methyl sites for hydroxylation is 1. The number of thiazole rings is 1. The molecule has 1 N–H and O–H groups in total. The zero-order valence-corrected chi connectivity index (χ0v) is 17.6. The van der Waals surface area contributed by atoms with Gasteiger partial charge in [-0.05, 0) is 32.9 Å². The minimum absolute atomic E-state index is 0.0563. The number of hydrogen-bond donors (Lipinski definition) is 1. The molecule has 9 heteroatoms. The number of halogens is 1. The van der Waals surface area contributed by atoms with E-state index in [2.05, 4.69) is 15.0 Å². The summed E-state index contributed by atoms with van der Waals surface area (Å²) in [4.78, 5) is 31.8. The van der Waals surface area contributed by atoms with E-state index in [-0.39, 0.29) is 17.6 Å². The summed E-state index contributed by atoms with van der Waals surface area (Å²) in [6, 6.07) is 7.41. The van der Waals surface area contributed by atoms with E-state index in [0.717, 1.165) is 26.6 Å². The Morgan fingerprint density at radius 2 is 2.13 bits per heavy atom. The number of carbonyl (C=O) groups excluding carboxylic acids is 1. The lowest BCUT2D eigenvalue weighted by molar-refractivity contribution is 0.0646. The van der Waals surface area contributed by atoms with Crippen molar-refractivity contribution in [2.45, 2.75) is 38.9 Å². The summed E-state index contributed by atoms with van der Waals surface area (Å²) in [6.07, 6.45) is 2.28. The van der Waals surface area contributed by atoms with Crippen LogP contribution in [0.3, 0.4) is 0 Å². The fraction of sp³-hybridized carbons (Fsp3) is 0.333. The molecule has 0 spiro atoms. The van der Waals surface area contributed by atoms with Crippen LogP contribution in [-0.2, 0) is 12.1 Å². The van der Waals surface area contributed by atoms with Crippen molar-refractivity contribution in [2.24, 2.45) is 0 Å². The van der Waals surface area contributed by atoms with Crippen LogP contribution in [0, 0.1) is 6.92 Å². The molecule has 0 saturated carbocycles. The predicted octanol–water partition coefficient (Wildman–Crippen LogP) is 4.31. The van der Waals surface area contributed by atoms with E-state index in [1.807, 2.05) is 24.3 Å². The summed E-state index contributed by atoms with van der Waals surface area (Å²) in [7, 11) is 0. The standard InChI is InChI=1S/C21H20FN5O2S/c1-11-17(29-20(25-11)21(2,3)22)19(28)27-9-8-13-15(24-10-23-13)16(27)18-26-12-6-4-5-7-14(12)30-18/h4-7,10,16H,8-9H2,1-3H3,(H,23,24)/t16-/m0/s1. The molecule has 7 nitrogen and oxygen atoms in total. The van der Waals surface area contributed by atoms with Crippen LogP contribution < -0.4 is 0 Å². The molecule has 1 aliphatic rings. The molecular formula is C21H20FN5O2S. The van der Waals surface area contributed by atoms with Crippen LogP contribution >= 0.6 is 11.3 Å². The third-order valence-electron chi connectivity index (χ3n) is 5.23. The molecule has 3 aromatic heterocycles. The highest BCUT2D eigenvalue weighted by molar-refractivity contribution is 7.18. The number of imidazole rings is 1. The number of aromatic amines is 1. The lowest BCUT2D eigenvalue weighted by Gasteiger charge is -2.33. The Balaban J connectivity index is 1.60. The van der Waals surface area contributed by atoms with Gasteiger partial charge in [0.25, 0.3) is 5.91 Å². The molecule has 0 saturated heterocycles. The van der Waals surface area contributed by atoms with Crippen LogP contribution in [0.4, 0.5) is 4.39 Å². The van der Waals surface area contributed by atoms with Crippen LogP contribution in [0.2, 0.25) is 0 Å². The van der Waals surface area contributed by atoms with Crippen molar-refractivity contribution < 1.29 is 13.6 Å². The Morgan fingerprint density at radius 1 is 1.33 bits per heavy atom. The monoisotopic (exact) mass is 425 g/mol. The molecular weight excluding hydrogens is 405 g/mol. The Kier molecular flexibility index (Phi) is 4.25. The molecule has 0 unspecified atom stereocenters. The van der Waals surface area contributed by atoms with Crippen molar-refractivity contribution in [1.82, 2.24) is 24.8 Å². The van der Waals surface area contributed by atoms with Crippen LogP contribution in [0.15, 0.2) is 35.0 Å². The Morgan fingerprint density at radius 3 is 2.87 bits per heavy atom. The van der Waals surface area contributed by atoms with Gasteiger partial charge in [-0.25, -0.2) is 19.3 Å². The fourth-order valence-electron chi connectivity index (χ4n) is 3.73. The number of para-hydroxylation sites is 1. The smallest absolute Gasteiger partial charge is 0.292 e. The largest absolute Gasteiger partial charge is 0.432 e. The molecule has 1 aliphatic heterocycles. The van der Waals surface area contributed by atoms with Crippen LogP contribution in [0.5, 0.6) is 0 Å². The molecule has 0 aliphatic carbocycles. The van der Waals surface area contributed by atoms with E-state index in [1.54, 1.807) is 18.2 Å². The third kappa shape index (κ3) is 3.00. The van der Waals surface area contributed by atoms with Gasteiger partial charge in [-0.3, -0.25) is 4.79 Å². The minimum Gasteiger partial charge on any atom is -0.432 e. The number of amides is 1. The van der Waals surface area contributed by atoms with E-state index in [1.165, 1.54) is 25.2 Å². The van der Waals surface area contributed by atoms with E-state index < -0.39 is 11.7 Å². The molecule has 1 aromatic carbocycles. The molecule has 1 atom stereocenters. The number of carbonyl (C=O) groups is 1. The highest BCUT2D eigenvalue weighted by Crippen LogP contribution is 2.38. The van der Waals surface area contributed by atoms with Crippen molar-refractivity contribution in [3.05, 3.63) is 64.3 Å². The molecule has 1 amide bonds. The maximum atomic E-state index is 14.3. The van der Waals surface area contributed by atoms with Gasteiger partial charge in [0, 0.05) is 18.7 Å². The highest BCUT2D eigenvalue weighted by Gasteiger charge is 2.39. The maximum absolute atomic E-state index is 14.3. The number of hydrogen-bond acceptors (Lipinski definition) is 6. The zero-order valence-electron chi connectivity index (χ0n) is 16.8. The molecule has 4 heterocycles. The average molecular weight is 425 g/mol. The first-order valence-corrected chi connectivity index (χ1v) is 10.5. The topological polar surface area (TPSA) is 87.9 Å². The number of nitrogens with zero attached hydrogens (tertiary/aromatic N) is 4. The molecule has 4 aromatic rings. The second-order valence-electron chi connectivity index (χ2n) is 7.84. The number of oxazole rings is 1. The summed E-state index contributed by atoms with van der Waals surface area (Å²) in [5.41, 5.74) is 1.24. The van der Waals surface area contributed by atoms with Gasteiger partial charge in [0.05, 0.1) is 27.9 Å². The van der Waals surface area contributed by atoms with Gasteiger partial charge in [0.1, 0.15) is 11.0 Å². The SMILES string of the molecule is Cc1nc(C(C)(C)F)oc1C(=O)N1CCc2[nH]cnc2[C@H]1c1nc2ccccc2s1. The van der Waals surface area contributed by atoms with Crippen molar-refractivity contribution in [1.29, 1.82) is 0 Å². The number of H-pyrrole nitrogens is 1. The Labute approximate surface area is 176 Å². The van der Waals surface area contributed by atoms with Gasteiger partial charge in [0.15, 0.2) is 5.67 Å². The van der Waals surface area contributed by atoms with Crippen LogP contribution in [0.1, 0.15) is 58.4 Å². The van der Waals surface area contributed by atoms with E-state index >= 15 is 0 Å². The minimum atomic E-state index is -1.77. The summed E-state index contributed by atoms with van der Waals surface area (Å²) in [5, 5.41) is 0.779. The maximum Gasteiger partial charge on any atom is 0.292 e. The average Bonchev–Trinajstić information content (AvgIpc) is 3.43. The Hall–Kier alpha value is -3.07. The third-order valence-corrected chi connectivity index (χ3v) is 6.32. The molecule has 0 bridgehead atoms. The molecule has 0 fully saturated rings. The van der Waals surface area contributed by atoms with Gasteiger partial charge in [-0.15, -0.1) is 11.3 Å². The summed E-state index contributed by atoms with van der Waals surface area (Å²) < 4.78 is 21.0. The Bertz CT molecular complexity index is 1220. The molecule has 154 valence electrons. The second-order valence-corrected chi connectivity index (χ2v) is 8.91. The number of alkyl halides is 1.